The summed E-state index contributed by atoms with van der Waals surface area (Å²) < 4.78 is 7.08. The van der Waals surface area contributed by atoms with E-state index < -0.39 is 14.0 Å². The van der Waals surface area contributed by atoms with E-state index in [0.717, 1.165) is 24.4 Å². The third-order valence-electron chi connectivity index (χ3n) is 7.23. The molecule has 0 atom stereocenters. The number of imidazole rings is 1. The van der Waals surface area contributed by atoms with Gasteiger partial charge in [-0.25, -0.2) is 4.79 Å². The molecule has 2 fully saturated rings. The molecule has 4 N–H and O–H groups in total. The maximum Gasteiger partial charge on any atom is 0.326 e. The smallest absolute Gasteiger partial charge is 0.326 e. The quantitative estimate of drug-likeness (QED) is 0.283. The van der Waals surface area contributed by atoms with E-state index in [4.69, 9.17) is 15.6 Å². The van der Waals surface area contributed by atoms with Gasteiger partial charge in [0.2, 0.25) is 0 Å². The number of aromatic nitrogens is 2. The van der Waals surface area contributed by atoms with Crippen molar-refractivity contribution in [2.24, 2.45) is 11.8 Å². The first-order chi connectivity index (χ1) is 16.6. The Kier molecular flexibility index (Phi) is 9.21. The fourth-order valence-corrected chi connectivity index (χ4v) is 5.74. The highest BCUT2D eigenvalue weighted by molar-refractivity contribution is 6.76. The minimum absolute atomic E-state index is 0.0497. The van der Waals surface area contributed by atoms with Crippen LogP contribution in [-0.4, -0.2) is 41.3 Å². The Morgan fingerprint density at radius 3 is 2.31 bits per heavy atom. The van der Waals surface area contributed by atoms with E-state index in [0.29, 0.717) is 43.5 Å². The molecule has 2 saturated carbocycles. The predicted octanol–water partition coefficient (Wildman–Crippen LogP) is 5.18. The van der Waals surface area contributed by atoms with Crippen molar-refractivity contribution in [2.45, 2.75) is 89.5 Å². The fourth-order valence-electron chi connectivity index (χ4n) is 5.03. The minimum Gasteiger partial charge on any atom is -0.481 e. The third kappa shape index (κ3) is 7.46. The SMILES string of the molecule is C[Si](C)(C)CCOC(=O)C1CCCCC1.Nc1cccc2c1[nH]c(=O)n2C1CCC(C(=O)O)CC1. The fraction of sp³-hybridized carbons (Fsp3) is 0.654. The van der Waals surface area contributed by atoms with Crippen molar-refractivity contribution in [2.75, 3.05) is 12.3 Å². The number of anilines is 1. The normalized spacial score (nSPS) is 21.2. The molecule has 0 spiro atoms. The lowest BCUT2D eigenvalue weighted by Gasteiger charge is -2.27. The van der Waals surface area contributed by atoms with Gasteiger partial charge < -0.3 is 20.6 Å². The number of carboxylic acids is 1. The Hall–Kier alpha value is -2.55. The van der Waals surface area contributed by atoms with Crippen LogP contribution in [-0.2, 0) is 14.3 Å². The summed E-state index contributed by atoms with van der Waals surface area (Å²) >= 11 is 0. The van der Waals surface area contributed by atoms with Crippen LogP contribution in [0.15, 0.2) is 23.0 Å². The van der Waals surface area contributed by atoms with Crippen LogP contribution in [0.25, 0.3) is 11.0 Å². The number of benzene rings is 1. The number of nitrogens with one attached hydrogen (secondary N) is 1. The summed E-state index contributed by atoms with van der Waals surface area (Å²) in [5.74, 6) is -0.746. The molecular weight excluding hydrogens is 462 g/mol. The zero-order valence-electron chi connectivity index (χ0n) is 21.3. The van der Waals surface area contributed by atoms with Gasteiger partial charge in [0.05, 0.1) is 35.2 Å². The van der Waals surface area contributed by atoms with Crippen LogP contribution in [0.2, 0.25) is 25.7 Å². The number of carboxylic acid groups (broad SMARTS) is 1. The lowest BCUT2D eigenvalue weighted by molar-refractivity contribution is -0.149. The molecule has 2 aliphatic carbocycles. The molecule has 9 heteroatoms. The van der Waals surface area contributed by atoms with E-state index in [1.54, 1.807) is 10.6 Å². The van der Waals surface area contributed by atoms with Crippen LogP contribution >= 0.6 is 0 Å². The number of esters is 1. The van der Waals surface area contributed by atoms with Crippen LogP contribution in [0.4, 0.5) is 5.69 Å². The number of aliphatic carboxylic acids is 1. The van der Waals surface area contributed by atoms with Crippen molar-refractivity contribution in [1.29, 1.82) is 0 Å². The lowest BCUT2D eigenvalue weighted by atomic mass is 9.86. The maximum atomic E-state index is 12.1. The van der Waals surface area contributed by atoms with Gasteiger partial charge in [-0.05, 0) is 56.7 Å². The number of para-hydroxylation sites is 1. The zero-order valence-corrected chi connectivity index (χ0v) is 22.3. The second-order valence-electron chi connectivity index (χ2n) is 11.2. The Labute approximate surface area is 208 Å². The molecular formula is C26H41N3O5Si. The number of carbonyl (C=O) groups excluding carboxylic acids is 1. The third-order valence-corrected chi connectivity index (χ3v) is 8.94. The molecule has 0 saturated heterocycles. The molecule has 8 nitrogen and oxygen atoms in total. The van der Waals surface area contributed by atoms with Crippen LogP contribution < -0.4 is 11.4 Å². The number of rotatable bonds is 6. The number of fused-ring (bicyclic) bond motifs is 1. The molecule has 1 heterocycles. The first-order valence-electron chi connectivity index (χ1n) is 12.9. The van der Waals surface area contributed by atoms with E-state index in [2.05, 4.69) is 24.6 Å². The summed E-state index contributed by atoms with van der Waals surface area (Å²) in [6.45, 7) is 7.56. The van der Waals surface area contributed by atoms with Gasteiger partial charge in [-0.1, -0.05) is 45.0 Å². The molecule has 0 unspecified atom stereocenters. The van der Waals surface area contributed by atoms with Gasteiger partial charge in [0, 0.05) is 14.1 Å². The number of aromatic amines is 1. The second kappa shape index (κ2) is 11.9. The van der Waals surface area contributed by atoms with E-state index >= 15 is 0 Å². The van der Waals surface area contributed by atoms with Crippen LogP contribution in [0.3, 0.4) is 0 Å². The van der Waals surface area contributed by atoms with Crippen molar-refractivity contribution >= 4 is 36.7 Å². The van der Waals surface area contributed by atoms with Crippen LogP contribution in [0, 0.1) is 11.8 Å². The van der Waals surface area contributed by atoms with E-state index in [9.17, 15) is 14.4 Å². The van der Waals surface area contributed by atoms with Crippen molar-refractivity contribution < 1.29 is 19.4 Å². The van der Waals surface area contributed by atoms with E-state index in [1.807, 2.05) is 12.1 Å². The van der Waals surface area contributed by atoms with E-state index in [1.165, 1.54) is 19.3 Å². The summed E-state index contributed by atoms with van der Waals surface area (Å²) in [5.41, 5.74) is 7.72. The Bertz CT molecular complexity index is 1060. The molecule has 4 rings (SSSR count). The topological polar surface area (TPSA) is 127 Å². The van der Waals surface area contributed by atoms with Gasteiger partial charge in [0.1, 0.15) is 0 Å². The van der Waals surface area contributed by atoms with Gasteiger partial charge in [0.25, 0.3) is 0 Å². The lowest BCUT2D eigenvalue weighted by Crippen LogP contribution is -2.28. The zero-order chi connectivity index (χ0) is 25.6. The number of nitrogens with two attached hydrogens (primary N) is 1. The summed E-state index contributed by atoms with van der Waals surface area (Å²) in [7, 11) is -1.05. The van der Waals surface area contributed by atoms with E-state index in [-0.39, 0.29) is 29.5 Å². The predicted molar refractivity (Wildman–Crippen MR) is 141 cm³/mol. The van der Waals surface area contributed by atoms with Gasteiger partial charge in [-0.2, -0.15) is 0 Å². The molecule has 0 radical (unpaired) electrons. The van der Waals surface area contributed by atoms with Crippen LogP contribution in [0.5, 0.6) is 0 Å². The first-order valence-corrected chi connectivity index (χ1v) is 16.7. The largest absolute Gasteiger partial charge is 0.481 e. The maximum absolute atomic E-state index is 12.1. The molecule has 0 aliphatic heterocycles. The van der Waals surface area contributed by atoms with Gasteiger partial charge in [-0.15, -0.1) is 0 Å². The second-order valence-corrected chi connectivity index (χ2v) is 16.8. The van der Waals surface area contributed by atoms with Crippen molar-refractivity contribution in [1.82, 2.24) is 9.55 Å². The van der Waals surface area contributed by atoms with Gasteiger partial charge in [-0.3, -0.25) is 14.2 Å². The van der Waals surface area contributed by atoms with Crippen molar-refractivity contribution in [3.63, 3.8) is 0 Å². The Morgan fingerprint density at radius 2 is 1.71 bits per heavy atom. The average molecular weight is 504 g/mol. The first kappa shape index (κ1) is 27.0. The molecule has 194 valence electrons. The molecule has 1 aromatic heterocycles. The number of carbonyl (C=O) groups is 2. The number of hydrogen-bond acceptors (Lipinski definition) is 5. The molecule has 1 aromatic carbocycles. The summed E-state index contributed by atoms with van der Waals surface area (Å²) in [5, 5.41) is 9.03. The summed E-state index contributed by atoms with van der Waals surface area (Å²) in [4.78, 5) is 37.6. The number of ether oxygens (including phenoxy) is 1. The van der Waals surface area contributed by atoms with Crippen molar-refractivity contribution in [3.8, 4) is 0 Å². The molecule has 2 aromatic rings. The van der Waals surface area contributed by atoms with Crippen LogP contribution in [0.1, 0.15) is 63.8 Å². The molecule has 0 amide bonds. The summed E-state index contributed by atoms with van der Waals surface area (Å²) in [6, 6.07) is 6.58. The summed E-state index contributed by atoms with van der Waals surface area (Å²) in [6.07, 6.45) is 8.43. The Balaban J connectivity index is 0.000000205. The Morgan fingerprint density at radius 1 is 1.06 bits per heavy atom. The molecule has 0 bridgehead atoms. The number of hydrogen-bond donors (Lipinski definition) is 3. The monoisotopic (exact) mass is 503 g/mol. The molecule has 2 aliphatic rings. The number of nitrogens with zero attached hydrogens (tertiary/aromatic N) is 1. The van der Waals surface area contributed by atoms with Crippen molar-refractivity contribution in [3.05, 3.63) is 28.7 Å². The van der Waals surface area contributed by atoms with Gasteiger partial charge >= 0.3 is 17.6 Å². The molecule has 35 heavy (non-hydrogen) atoms. The highest BCUT2D eigenvalue weighted by atomic mass is 28.3. The average Bonchev–Trinajstić information content (AvgIpc) is 3.16. The minimum atomic E-state index is -1.05. The number of nitrogen functional groups attached to an aromatic ring is 1. The number of H-pyrrole nitrogens is 1. The van der Waals surface area contributed by atoms with Gasteiger partial charge in [0.15, 0.2) is 0 Å². The highest BCUT2D eigenvalue weighted by Crippen LogP contribution is 2.33. The highest BCUT2D eigenvalue weighted by Gasteiger charge is 2.28. The standard InChI is InChI=1S/C14H17N3O3.C12H24O2Si/c15-10-2-1-3-11-12(10)16-14(20)17(11)9-6-4-8(5-7-9)13(18)19;1-15(2,3)10-9-14-12(13)11-7-5-4-6-8-11/h1-3,8-9H,4-7,15H2,(H,16,20)(H,18,19);11H,4-10H2,1-3H3.